The number of hydrogen-bond acceptors (Lipinski definition) is 5. The van der Waals surface area contributed by atoms with Crippen molar-refractivity contribution < 1.29 is 9.18 Å². The van der Waals surface area contributed by atoms with Gasteiger partial charge in [-0.1, -0.05) is 24.3 Å². The van der Waals surface area contributed by atoms with Gasteiger partial charge in [0.15, 0.2) is 0 Å². The second-order valence-electron chi connectivity index (χ2n) is 7.42. The standard InChI is InChI=1S/C24H23FN6O/c1-31(2)23-29-21-6-4-3-5-20(21)22(30-23)26-15-16-7-11-18(12-8-16)27-24(32)28-19-13-9-17(25)10-14-19/h3-14H,15H2,1-2H3,(H,26,29,30)(H2,27,28,32). The molecule has 0 fully saturated rings. The topological polar surface area (TPSA) is 82.2 Å². The quantitative estimate of drug-likeness (QED) is 0.397. The minimum Gasteiger partial charge on any atom is -0.365 e. The van der Waals surface area contributed by atoms with E-state index in [2.05, 4.69) is 25.9 Å². The molecule has 8 heteroatoms. The van der Waals surface area contributed by atoms with E-state index in [1.807, 2.05) is 67.5 Å². The van der Waals surface area contributed by atoms with Crippen LogP contribution in [0.4, 0.5) is 32.3 Å². The number of hydrogen-bond donors (Lipinski definition) is 3. The Labute approximate surface area is 185 Å². The Balaban J connectivity index is 1.40. The van der Waals surface area contributed by atoms with E-state index < -0.39 is 6.03 Å². The van der Waals surface area contributed by atoms with Crippen molar-refractivity contribution in [3.63, 3.8) is 0 Å². The summed E-state index contributed by atoms with van der Waals surface area (Å²) in [4.78, 5) is 23.2. The Kier molecular flexibility index (Phi) is 6.12. The lowest BCUT2D eigenvalue weighted by atomic mass is 10.2. The number of urea groups is 1. The molecule has 2 amide bonds. The zero-order valence-corrected chi connectivity index (χ0v) is 17.8. The van der Waals surface area contributed by atoms with Crippen molar-refractivity contribution in [2.24, 2.45) is 0 Å². The molecule has 0 aliphatic heterocycles. The highest BCUT2D eigenvalue weighted by Crippen LogP contribution is 2.23. The van der Waals surface area contributed by atoms with Crippen LogP contribution in [0.2, 0.25) is 0 Å². The smallest absolute Gasteiger partial charge is 0.323 e. The summed E-state index contributed by atoms with van der Waals surface area (Å²) in [5.41, 5.74) is 3.07. The number of rotatable bonds is 6. The molecule has 0 bridgehead atoms. The molecule has 7 nitrogen and oxygen atoms in total. The summed E-state index contributed by atoms with van der Waals surface area (Å²) in [7, 11) is 3.82. The van der Waals surface area contributed by atoms with Crippen LogP contribution in [0.15, 0.2) is 72.8 Å². The van der Waals surface area contributed by atoms with Gasteiger partial charge in [-0.05, 0) is 54.1 Å². The fourth-order valence-corrected chi connectivity index (χ4v) is 3.12. The van der Waals surface area contributed by atoms with E-state index in [0.29, 0.717) is 23.9 Å². The van der Waals surface area contributed by atoms with Crippen molar-refractivity contribution in [1.82, 2.24) is 9.97 Å². The van der Waals surface area contributed by atoms with Gasteiger partial charge >= 0.3 is 6.03 Å². The van der Waals surface area contributed by atoms with Gasteiger partial charge in [-0.2, -0.15) is 4.98 Å². The van der Waals surface area contributed by atoms with Gasteiger partial charge in [-0.25, -0.2) is 14.2 Å². The fourth-order valence-electron chi connectivity index (χ4n) is 3.12. The van der Waals surface area contributed by atoms with E-state index in [4.69, 9.17) is 0 Å². The van der Waals surface area contributed by atoms with Gasteiger partial charge < -0.3 is 20.9 Å². The van der Waals surface area contributed by atoms with E-state index in [1.165, 1.54) is 24.3 Å². The molecular formula is C24H23FN6O. The number of fused-ring (bicyclic) bond motifs is 1. The molecule has 0 aliphatic carbocycles. The van der Waals surface area contributed by atoms with Crippen LogP contribution in [0.1, 0.15) is 5.56 Å². The van der Waals surface area contributed by atoms with Gasteiger partial charge in [-0.3, -0.25) is 0 Å². The molecular weight excluding hydrogens is 407 g/mol. The molecule has 0 aliphatic rings. The van der Waals surface area contributed by atoms with Crippen molar-refractivity contribution in [2.45, 2.75) is 6.54 Å². The highest BCUT2D eigenvalue weighted by molar-refractivity contribution is 5.99. The van der Waals surface area contributed by atoms with Gasteiger partial charge in [0.05, 0.1) is 5.52 Å². The SMILES string of the molecule is CN(C)c1nc(NCc2ccc(NC(=O)Nc3ccc(F)cc3)cc2)c2ccccc2n1. The zero-order valence-electron chi connectivity index (χ0n) is 17.8. The van der Waals surface area contributed by atoms with Crippen LogP contribution in [0.25, 0.3) is 10.9 Å². The van der Waals surface area contributed by atoms with E-state index in [-0.39, 0.29) is 5.82 Å². The van der Waals surface area contributed by atoms with Crippen LogP contribution in [0.5, 0.6) is 0 Å². The number of nitrogens with zero attached hydrogens (tertiary/aromatic N) is 3. The largest absolute Gasteiger partial charge is 0.365 e. The molecule has 4 rings (SSSR count). The van der Waals surface area contributed by atoms with Crippen molar-refractivity contribution in [2.75, 3.05) is 34.9 Å². The van der Waals surface area contributed by atoms with Gasteiger partial charge in [0, 0.05) is 37.4 Å². The molecule has 1 heterocycles. The van der Waals surface area contributed by atoms with Crippen LogP contribution >= 0.6 is 0 Å². The Bertz CT molecular complexity index is 1230. The summed E-state index contributed by atoms with van der Waals surface area (Å²) < 4.78 is 13.0. The van der Waals surface area contributed by atoms with Gasteiger partial charge in [0.25, 0.3) is 0 Å². The molecule has 4 aromatic rings. The highest BCUT2D eigenvalue weighted by atomic mass is 19.1. The first-order chi connectivity index (χ1) is 15.5. The number of para-hydroxylation sites is 1. The summed E-state index contributed by atoms with van der Waals surface area (Å²) >= 11 is 0. The van der Waals surface area contributed by atoms with Gasteiger partial charge in [0.1, 0.15) is 11.6 Å². The molecule has 32 heavy (non-hydrogen) atoms. The van der Waals surface area contributed by atoms with E-state index in [0.717, 1.165) is 22.3 Å². The van der Waals surface area contributed by atoms with E-state index >= 15 is 0 Å². The molecule has 162 valence electrons. The monoisotopic (exact) mass is 430 g/mol. The predicted molar refractivity (Wildman–Crippen MR) is 127 cm³/mol. The minimum absolute atomic E-state index is 0.354. The predicted octanol–water partition coefficient (Wildman–Crippen LogP) is 5.09. The van der Waals surface area contributed by atoms with Crippen LogP contribution in [0.3, 0.4) is 0 Å². The third-order valence-corrected chi connectivity index (χ3v) is 4.77. The third-order valence-electron chi connectivity index (χ3n) is 4.77. The fraction of sp³-hybridized carbons (Fsp3) is 0.125. The Morgan fingerprint density at radius 1 is 0.875 bits per heavy atom. The lowest BCUT2D eigenvalue weighted by Crippen LogP contribution is -2.19. The molecule has 0 radical (unpaired) electrons. The molecule has 0 saturated carbocycles. The van der Waals surface area contributed by atoms with E-state index in [9.17, 15) is 9.18 Å². The minimum atomic E-state index is -0.397. The van der Waals surface area contributed by atoms with Crippen molar-refractivity contribution in [3.8, 4) is 0 Å². The summed E-state index contributed by atoms with van der Waals surface area (Å²) in [6.07, 6.45) is 0. The summed E-state index contributed by atoms with van der Waals surface area (Å²) in [5.74, 6) is 1.05. The van der Waals surface area contributed by atoms with Crippen LogP contribution in [-0.4, -0.2) is 30.1 Å². The number of nitrogens with one attached hydrogen (secondary N) is 3. The first kappa shape index (κ1) is 21.0. The second kappa shape index (κ2) is 9.30. The first-order valence-corrected chi connectivity index (χ1v) is 10.1. The molecule has 0 unspecified atom stereocenters. The maximum Gasteiger partial charge on any atom is 0.323 e. The first-order valence-electron chi connectivity index (χ1n) is 10.1. The number of anilines is 4. The molecule has 0 spiro atoms. The number of aromatic nitrogens is 2. The van der Waals surface area contributed by atoms with Crippen molar-refractivity contribution in [1.29, 1.82) is 0 Å². The number of benzene rings is 3. The molecule has 3 N–H and O–H groups in total. The summed E-state index contributed by atoms with van der Waals surface area (Å²) in [5, 5.41) is 9.76. The Hall–Kier alpha value is -4.20. The maximum atomic E-state index is 13.0. The van der Waals surface area contributed by atoms with Crippen molar-refractivity contribution in [3.05, 3.63) is 84.2 Å². The third kappa shape index (κ3) is 5.10. The number of carbonyl (C=O) groups excluding carboxylic acids is 1. The van der Waals surface area contributed by atoms with E-state index in [1.54, 1.807) is 0 Å². The lowest BCUT2D eigenvalue weighted by molar-refractivity contribution is 0.262. The normalized spacial score (nSPS) is 10.6. The molecule has 0 saturated heterocycles. The summed E-state index contributed by atoms with van der Waals surface area (Å²) in [6.45, 7) is 0.565. The van der Waals surface area contributed by atoms with Crippen molar-refractivity contribution >= 4 is 40.1 Å². The average Bonchev–Trinajstić information content (AvgIpc) is 2.79. The second-order valence-corrected chi connectivity index (χ2v) is 7.42. The Morgan fingerprint density at radius 3 is 2.16 bits per heavy atom. The van der Waals surface area contributed by atoms with Crippen LogP contribution in [0, 0.1) is 5.82 Å². The number of carbonyl (C=O) groups is 1. The van der Waals surface area contributed by atoms with Crippen LogP contribution < -0.4 is 20.9 Å². The summed E-state index contributed by atoms with van der Waals surface area (Å²) in [6, 6.07) is 20.6. The average molecular weight is 430 g/mol. The molecule has 1 aromatic heterocycles. The Morgan fingerprint density at radius 2 is 1.50 bits per heavy atom. The van der Waals surface area contributed by atoms with Crippen LogP contribution in [-0.2, 0) is 6.54 Å². The number of halogens is 1. The van der Waals surface area contributed by atoms with Gasteiger partial charge in [-0.15, -0.1) is 0 Å². The maximum absolute atomic E-state index is 13.0. The molecule has 3 aromatic carbocycles. The lowest BCUT2D eigenvalue weighted by Gasteiger charge is -2.15. The molecule has 0 atom stereocenters. The highest BCUT2D eigenvalue weighted by Gasteiger charge is 2.09. The number of amides is 2. The van der Waals surface area contributed by atoms with Gasteiger partial charge in [0.2, 0.25) is 5.95 Å². The zero-order chi connectivity index (χ0) is 22.5.